The van der Waals surface area contributed by atoms with Crippen molar-refractivity contribution in [1.82, 2.24) is 5.43 Å². The van der Waals surface area contributed by atoms with Gasteiger partial charge in [0.25, 0.3) is 15.9 Å². The third-order valence-electron chi connectivity index (χ3n) is 4.48. The molecular weight excluding hydrogens is 418 g/mol. The summed E-state index contributed by atoms with van der Waals surface area (Å²) in [6.45, 7) is 0. The minimum absolute atomic E-state index is 0.00280. The largest absolute Gasteiger partial charge is 0.504 e. The van der Waals surface area contributed by atoms with Crippen LogP contribution < -0.4 is 14.5 Å². The quantitative estimate of drug-likeness (QED) is 0.435. The van der Waals surface area contributed by atoms with E-state index in [0.717, 1.165) is 4.31 Å². The van der Waals surface area contributed by atoms with Crippen molar-refractivity contribution in [2.75, 3.05) is 18.5 Å². The molecule has 3 aromatic carbocycles. The Labute approximate surface area is 180 Å². The fourth-order valence-corrected chi connectivity index (χ4v) is 3.93. The fourth-order valence-electron chi connectivity index (χ4n) is 2.72. The number of ether oxygens (including phenoxy) is 1. The zero-order chi connectivity index (χ0) is 22.4. The minimum atomic E-state index is -3.70. The average Bonchev–Trinajstić information content (AvgIpc) is 2.80. The Balaban J connectivity index is 1.67. The summed E-state index contributed by atoms with van der Waals surface area (Å²) in [6, 6.07) is 18.9. The number of carbonyl (C=O) groups is 1. The summed E-state index contributed by atoms with van der Waals surface area (Å²) < 4.78 is 31.6. The van der Waals surface area contributed by atoms with Crippen LogP contribution in [-0.2, 0) is 10.0 Å². The molecule has 0 aliphatic carbocycles. The number of carbonyl (C=O) groups excluding carboxylic acids is 1. The Morgan fingerprint density at radius 1 is 1.06 bits per heavy atom. The lowest BCUT2D eigenvalue weighted by atomic mass is 10.2. The number of rotatable bonds is 7. The topological polar surface area (TPSA) is 108 Å². The van der Waals surface area contributed by atoms with Crippen molar-refractivity contribution in [3.8, 4) is 11.5 Å². The number of benzene rings is 3. The molecule has 0 radical (unpaired) electrons. The predicted octanol–water partition coefficient (Wildman–Crippen LogP) is 2.99. The van der Waals surface area contributed by atoms with Gasteiger partial charge in [-0.2, -0.15) is 5.10 Å². The van der Waals surface area contributed by atoms with E-state index in [1.165, 1.54) is 50.7 Å². The summed E-state index contributed by atoms with van der Waals surface area (Å²) in [5.41, 5.74) is 3.75. The number of hydrazone groups is 1. The maximum absolute atomic E-state index is 12.7. The number of anilines is 1. The molecule has 0 aliphatic heterocycles. The fraction of sp³-hybridized carbons (Fsp3) is 0.0909. The van der Waals surface area contributed by atoms with E-state index < -0.39 is 15.9 Å². The van der Waals surface area contributed by atoms with Gasteiger partial charge in [-0.25, -0.2) is 13.8 Å². The second kappa shape index (κ2) is 9.31. The Morgan fingerprint density at radius 3 is 2.39 bits per heavy atom. The summed E-state index contributed by atoms with van der Waals surface area (Å²) in [5, 5.41) is 13.5. The van der Waals surface area contributed by atoms with Gasteiger partial charge < -0.3 is 9.84 Å². The normalized spacial score (nSPS) is 11.3. The van der Waals surface area contributed by atoms with Crippen LogP contribution in [0.3, 0.4) is 0 Å². The molecule has 3 aromatic rings. The van der Waals surface area contributed by atoms with Crippen LogP contribution in [0.2, 0.25) is 0 Å². The molecule has 0 saturated heterocycles. The van der Waals surface area contributed by atoms with Crippen LogP contribution in [0.4, 0.5) is 5.69 Å². The number of phenolic OH excluding ortho intramolecular Hbond substituents is 1. The number of phenols is 1. The molecule has 0 atom stereocenters. The van der Waals surface area contributed by atoms with Crippen molar-refractivity contribution in [3.05, 3.63) is 83.9 Å². The van der Waals surface area contributed by atoms with Crippen LogP contribution >= 0.6 is 0 Å². The maximum atomic E-state index is 12.7. The first-order chi connectivity index (χ1) is 14.8. The Hall–Kier alpha value is -3.85. The van der Waals surface area contributed by atoms with Gasteiger partial charge in [-0.3, -0.25) is 9.10 Å². The zero-order valence-electron chi connectivity index (χ0n) is 16.9. The lowest BCUT2D eigenvalue weighted by Crippen LogP contribution is -2.26. The van der Waals surface area contributed by atoms with E-state index in [-0.39, 0.29) is 10.6 Å². The zero-order valence-corrected chi connectivity index (χ0v) is 17.7. The highest BCUT2D eigenvalue weighted by molar-refractivity contribution is 7.92. The van der Waals surface area contributed by atoms with Crippen molar-refractivity contribution in [3.63, 3.8) is 0 Å². The molecule has 0 saturated carbocycles. The standard InChI is InChI=1S/C22H21N3O5S/c1-25(31(28,29)19-6-4-3-5-7-19)18-11-9-17(10-12-18)22(27)24-23-15-16-8-13-20(26)21(14-16)30-2/h3-15,26H,1-2H3,(H,24,27)/b23-15-. The van der Waals surface area contributed by atoms with Crippen LogP contribution in [-0.4, -0.2) is 39.8 Å². The van der Waals surface area contributed by atoms with Gasteiger partial charge in [0, 0.05) is 12.6 Å². The van der Waals surface area contributed by atoms with Gasteiger partial charge in [-0.1, -0.05) is 18.2 Å². The molecule has 31 heavy (non-hydrogen) atoms. The second-order valence-electron chi connectivity index (χ2n) is 6.46. The lowest BCUT2D eigenvalue weighted by Gasteiger charge is -2.19. The van der Waals surface area contributed by atoms with Crippen LogP contribution in [0.5, 0.6) is 11.5 Å². The average molecular weight is 439 g/mol. The molecule has 0 spiro atoms. The highest BCUT2D eigenvalue weighted by Crippen LogP contribution is 2.25. The molecule has 0 bridgehead atoms. The lowest BCUT2D eigenvalue weighted by molar-refractivity contribution is 0.0955. The molecule has 160 valence electrons. The molecule has 2 N–H and O–H groups in total. The minimum Gasteiger partial charge on any atom is -0.504 e. The number of sulfonamides is 1. The predicted molar refractivity (Wildman–Crippen MR) is 118 cm³/mol. The Morgan fingerprint density at radius 2 is 1.74 bits per heavy atom. The van der Waals surface area contributed by atoms with Crippen molar-refractivity contribution >= 4 is 27.8 Å². The summed E-state index contributed by atoms with van der Waals surface area (Å²) in [4.78, 5) is 12.5. The monoisotopic (exact) mass is 439 g/mol. The van der Waals surface area contributed by atoms with Gasteiger partial charge in [0.05, 0.1) is 23.9 Å². The van der Waals surface area contributed by atoms with Crippen LogP contribution in [0.1, 0.15) is 15.9 Å². The van der Waals surface area contributed by atoms with Crippen molar-refractivity contribution in [1.29, 1.82) is 0 Å². The van der Waals surface area contributed by atoms with Gasteiger partial charge in [0.2, 0.25) is 0 Å². The van der Waals surface area contributed by atoms with Crippen LogP contribution in [0, 0.1) is 0 Å². The summed E-state index contributed by atoms with van der Waals surface area (Å²) in [6.07, 6.45) is 1.41. The first-order valence-corrected chi connectivity index (χ1v) is 10.6. The van der Waals surface area contributed by atoms with E-state index in [4.69, 9.17) is 4.74 Å². The number of nitrogens with zero attached hydrogens (tertiary/aromatic N) is 2. The molecule has 0 aromatic heterocycles. The molecule has 0 aliphatic rings. The summed E-state index contributed by atoms with van der Waals surface area (Å²) in [7, 11) is -0.811. The molecule has 9 heteroatoms. The van der Waals surface area contributed by atoms with Crippen molar-refractivity contribution in [2.24, 2.45) is 5.10 Å². The second-order valence-corrected chi connectivity index (χ2v) is 8.43. The number of nitrogens with one attached hydrogen (secondary N) is 1. The van der Waals surface area contributed by atoms with Crippen LogP contribution in [0.15, 0.2) is 82.8 Å². The van der Waals surface area contributed by atoms with E-state index in [2.05, 4.69) is 10.5 Å². The van der Waals surface area contributed by atoms with E-state index in [1.807, 2.05) is 0 Å². The first kappa shape index (κ1) is 21.8. The smallest absolute Gasteiger partial charge is 0.271 e. The van der Waals surface area contributed by atoms with Gasteiger partial charge in [0.1, 0.15) is 0 Å². The molecular formula is C22H21N3O5S. The van der Waals surface area contributed by atoms with Gasteiger partial charge in [-0.15, -0.1) is 0 Å². The number of hydrogen-bond acceptors (Lipinski definition) is 6. The van der Waals surface area contributed by atoms with E-state index in [9.17, 15) is 18.3 Å². The number of methoxy groups -OCH3 is 1. The molecule has 0 heterocycles. The van der Waals surface area contributed by atoms with Crippen molar-refractivity contribution < 1.29 is 23.1 Å². The summed E-state index contributed by atoms with van der Waals surface area (Å²) in [5.74, 6) is -0.162. The van der Waals surface area contributed by atoms with Crippen LogP contribution in [0.25, 0.3) is 0 Å². The third kappa shape index (κ3) is 5.01. The van der Waals surface area contributed by atoms with Crippen molar-refractivity contribution in [2.45, 2.75) is 4.90 Å². The SMILES string of the molecule is COc1cc(/C=N\NC(=O)c2ccc(N(C)S(=O)(=O)c3ccccc3)cc2)ccc1O. The highest BCUT2D eigenvalue weighted by atomic mass is 32.2. The highest BCUT2D eigenvalue weighted by Gasteiger charge is 2.21. The number of hydrogen-bond donors (Lipinski definition) is 2. The first-order valence-electron chi connectivity index (χ1n) is 9.17. The van der Waals surface area contributed by atoms with E-state index in [1.54, 1.807) is 42.5 Å². The number of aromatic hydroxyl groups is 1. The van der Waals surface area contributed by atoms with Gasteiger partial charge in [-0.05, 0) is 60.2 Å². The summed E-state index contributed by atoms with van der Waals surface area (Å²) >= 11 is 0. The molecule has 0 unspecified atom stereocenters. The van der Waals surface area contributed by atoms with E-state index in [0.29, 0.717) is 22.6 Å². The van der Waals surface area contributed by atoms with E-state index >= 15 is 0 Å². The van der Waals surface area contributed by atoms with Gasteiger partial charge in [0.15, 0.2) is 11.5 Å². The maximum Gasteiger partial charge on any atom is 0.271 e. The third-order valence-corrected chi connectivity index (χ3v) is 6.28. The van der Waals surface area contributed by atoms with Gasteiger partial charge >= 0.3 is 0 Å². The number of amides is 1. The molecule has 1 amide bonds. The molecule has 3 rings (SSSR count). The Kier molecular flexibility index (Phi) is 6.56. The molecule has 8 nitrogen and oxygen atoms in total. The molecule has 0 fully saturated rings. The Bertz CT molecular complexity index is 1190.